The molecule has 0 aromatic rings. The SMILES string of the molecule is CNC1CCCN(C(C)CN(C)C)C1=O. The Morgan fingerprint density at radius 2 is 2.27 bits per heavy atom. The zero-order chi connectivity index (χ0) is 11.4. The first-order valence-electron chi connectivity index (χ1n) is 5.68. The minimum atomic E-state index is 0.0309. The van der Waals surface area contributed by atoms with E-state index in [4.69, 9.17) is 0 Å². The molecule has 1 amide bonds. The summed E-state index contributed by atoms with van der Waals surface area (Å²) in [5, 5.41) is 3.09. The number of carbonyl (C=O) groups excluding carboxylic acids is 1. The molecule has 1 fully saturated rings. The summed E-state index contributed by atoms with van der Waals surface area (Å²) in [6.45, 7) is 3.96. The van der Waals surface area contributed by atoms with Gasteiger partial charge in [0.1, 0.15) is 0 Å². The van der Waals surface area contributed by atoms with Gasteiger partial charge >= 0.3 is 0 Å². The van der Waals surface area contributed by atoms with Gasteiger partial charge in [0, 0.05) is 19.1 Å². The molecule has 2 unspecified atom stereocenters. The van der Waals surface area contributed by atoms with E-state index in [0.29, 0.717) is 6.04 Å². The summed E-state index contributed by atoms with van der Waals surface area (Å²) >= 11 is 0. The lowest BCUT2D eigenvalue weighted by Gasteiger charge is -2.37. The van der Waals surface area contributed by atoms with Crippen LogP contribution in [0.1, 0.15) is 19.8 Å². The molecule has 1 aliphatic rings. The second-order valence-electron chi connectivity index (χ2n) is 4.63. The van der Waals surface area contributed by atoms with Crippen molar-refractivity contribution < 1.29 is 4.79 Å². The molecule has 0 aromatic carbocycles. The lowest BCUT2D eigenvalue weighted by Crippen LogP contribution is -2.54. The molecule has 0 spiro atoms. The Bertz CT molecular complexity index is 218. The standard InChI is InChI=1S/C11H23N3O/c1-9(8-13(3)4)14-7-5-6-10(12-2)11(14)15/h9-10,12H,5-8H2,1-4H3. The summed E-state index contributed by atoms with van der Waals surface area (Å²) in [5.41, 5.74) is 0. The summed E-state index contributed by atoms with van der Waals surface area (Å²) in [6.07, 6.45) is 2.08. The Morgan fingerprint density at radius 1 is 1.60 bits per heavy atom. The van der Waals surface area contributed by atoms with E-state index in [9.17, 15) is 4.79 Å². The van der Waals surface area contributed by atoms with Crippen LogP contribution in [0.2, 0.25) is 0 Å². The van der Waals surface area contributed by atoms with E-state index < -0.39 is 0 Å². The molecule has 4 nitrogen and oxygen atoms in total. The average Bonchev–Trinajstić information content (AvgIpc) is 2.17. The van der Waals surface area contributed by atoms with Gasteiger partial charge in [0.2, 0.25) is 5.91 Å². The van der Waals surface area contributed by atoms with Crippen molar-refractivity contribution in [1.82, 2.24) is 15.1 Å². The fourth-order valence-corrected chi connectivity index (χ4v) is 2.23. The third kappa shape index (κ3) is 3.18. The number of rotatable bonds is 4. The number of hydrogen-bond acceptors (Lipinski definition) is 3. The highest BCUT2D eigenvalue weighted by Crippen LogP contribution is 2.14. The summed E-state index contributed by atoms with van der Waals surface area (Å²) in [5.74, 6) is 0.262. The maximum atomic E-state index is 12.0. The Labute approximate surface area is 92.6 Å². The van der Waals surface area contributed by atoms with Crippen LogP contribution in [0.25, 0.3) is 0 Å². The van der Waals surface area contributed by atoms with E-state index in [0.717, 1.165) is 25.9 Å². The van der Waals surface area contributed by atoms with Gasteiger partial charge in [-0.25, -0.2) is 0 Å². The van der Waals surface area contributed by atoms with Crippen LogP contribution < -0.4 is 5.32 Å². The number of hydrogen-bond donors (Lipinski definition) is 1. The minimum Gasteiger partial charge on any atom is -0.337 e. The topological polar surface area (TPSA) is 35.6 Å². The van der Waals surface area contributed by atoms with Gasteiger partial charge in [0.15, 0.2) is 0 Å². The normalized spacial score (nSPS) is 24.7. The van der Waals surface area contributed by atoms with Crippen LogP contribution in [0.5, 0.6) is 0 Å². The van der Waals surface area contributed by atoms with Crippen LogP contribution in [-0.2, 0) is 4.79 Å². The first-order chi connectivity index (χ1) is 7.06. The van der Waals surface area contributed by atoms with Gasteiger partial charge in [-0.3, -0.25) is 4.79 Å². The predicted molar refractivity (Wildman–Crippen MR) is 61.8 cm³/mol. The van der Waals surface area contributed by atoms with E-state index in [1.165, 1.54) is 0 Å². The first-order valence-corrected chi connectivity index (χ1v) is 5.68. The summed E-state index contributed by atoms with van der Waals surface area (Å²) in [6, 6.07) is 0.340. The van der Waals surface area contributed by atoms with Crippen molar-refractivity contribution >= 4 is 5.91 Å². The minimum absolute atomic E-state index is 0.0309. The number of nitrogens with zero attached hydrogens (tertiary/aromatic N) is 2. The largest absolute Gasteiger partial charge is 0.337 e. The van der Waals surface area contributed by atoms with Crippen LogP contribution in [0.3, 0.4) is 0 Å². The van der Waals surface area contributed by atoms with Gasteiger partial charge in [-0.15, -0.1) is 0 Å². The monoisotopic (exact) mass is 213 g/mol. The van der Waals surface area contributed by atoms with Gasteiger partial charge in [-0.1, -0.05) is 0 Å². The van der Waals surface area contributed by atoms with Crippen molar-refractivity contribution in [1.29, 1.82) is 0 Å². The molecule has 2 atom stereocenters. The molecule has 1 saturated heterocycles. The lowest BCUT2D eigenvalue weighted by atomic mass is 10.0. The molecule has 0 radical (unpaired) electrons. The van der Waals surface area contributed by atoms with Crippen molar-refractivity contribution in [3.8, 4) is 0 Å². The fourth-order valence-electron chi connectivity index (χ4n) is 2.23. The quantitative estimate of drug-likeness (QED) is 0.722. The summed E-state index contributed by atoms with van der Waals surface area (Å²) in [4.78, 5) is 16.2. The number of amides is 1. The number of carbonyl (C=O) groups is 1. The first kappa shape index (κ1) is 12.5. The molecule has 88 valence electrons. The van der Waals surface area contributed by atoms with Crippen molar-refractivity contribution in [2.45, 2.75) is 31.8 Å². The van der Waals surface area contributed by atoms with E-state index in [1.807, 2.05) is 26.0 Å². The van der Waals surface area contributed by atoms with Gasteiger partial charge in [0.25, 0.3) is 0 Å². The summed E-state index contributed by atoms with van der Waals surface area (Å²) < 4.78 is 0. The number of piperidine rings is 1. The van der Waals surface area contributed by atoms with Crippen LogP contribution in [0.4, 0.5) is 0 Å². The van der Waals surface area contributed by atoms with Crippen molar-refractivity contribution in [3.63, 3.8) is 0 Å². The van der Waals surface area contributed by atoms with E-state index in [1.54, 1.807) is 0 Å². The molecular weight excluding hydrogens is 190 g/mol. The highest BCUT2D eigenvalue weighted by atomic mass is 16.2. The van der Waals surface area contributed by atoms with Crippen molar-refractivity contribution in [3.05, 3.63) is 0 Å². The zero-order valence-corrected chi connectivity index (χ0v) is 10.3. The molecule has 4 heteroatoms. The number of nitrogens with one attached hydrogen (secondary N) is 1. The van der Waals surface area contributed by atoms with Crippen LogP contribution in [0.15, 0.2) is 0 Å². The third-order valence-electron chi connectivity index (χ3n) is 2.98. The number of likely N-dealkylation sites (N-methyl/N-ethyl adjacent to an activating group) is 2. The molecule has 1 N–H and O–H groups in total. The molecule has 0 saturated carbocycles. The smallest absolute Gasteiger partial charge is 0.239 e. The second kappa shape index (κ2) is 5.47. The predicted octanol–water partition coefficient (Wildman–Crippen LogP) is 0.147. The molecule has 1 heterocycles. The van der Waals surface area contributed by atoms with Gasteiger partial charge in [0.05, 0.1) is 6.04 Å². The van der Waals surface area contributed by atoms with E-state index in [2.05, 4.69) is 17.1 Å². The molecule has 15 heavy (non-hydrogen) atoms. The van der Waals surface area contributed by atoms with E-state index >= 15 is 0 Å². The van der Waals surface area contributed by atoms with Crippen molar-refractivity contribution in [2.24, 2.45) is 0 Å². The average molecular weight is 213 g/mol. The molecule has 0 aromatic heterocycles. The van der Waals surface area contributed by atoms with E-state index in [-0.39, 0.29) is 11.9 Å². The third-order valence-corrected chi connectivity index (χ3v) is 2.98. The maximum Gasteiger partial charge on any atom is 0.239 e. The Morgan fingerprint density at radius 3 is 2.80 bits per heavy atom. The maximum absolute atomic E-state index is 12.0. The Balaban J connectivity index is 2.56. The molecule has 0 bridgehead atoms. The highest BCUT2D eigenvalue weighted by molar-refractivity contribution is 5.82. The van der Waals surface area contributed by atoms with Gasteiger partial charge in [-0.2, -0.15) is 0 Å². The van der Waals surface area contributed by atoms with Crippen LogP contribution in [-0.4, -0.2) is 62.0 Å². The fraction of sp³-hybridized carbons (Fsp3) is 0.909. The second-order valence-corrected chi connectivity index (χ2v) is 4.63. The van der Waals surface area contributed by atoms with Gasteiger partial charge < -0.3 is 15.1 Å². The molecular formula is C11H23N3O. The van der Waals surface area contributed by atoms with Crippen molar-refractivity contribution in [2.75, 3.05) is 34.2 Å². The molecule has 1 aliphatic heterocycles. The lowest BCUT2D eigenvalue weighted by molar-refractivity contribution is -0.138. The Hall–Kier alpha value is -0.610. The number of likely N-dealkylation sites (tertiary alicyclic amines) is 1. The molecule has 1 rings (SSSR count). The van der Waals surface area contributed by atoms with Gasteiger partial charge in [-0.05, 0) is 40.9 Å². The Kier molecular flexibility index (Phi) is 4.54. The highest BCUT2D eigenvalue weighted by Gasteiger charge is 2.30. The summed E-state index contributed by atoms with van der Waals surface area (Å²) in [7, 11) is 5.95. The zero-order valence-electron chi connectivity index (χ0n) is 10.3. The van der Waals surface area contributed by atoms with Crippen LogP contribution in [0, 0.1) is 0 Å². The van der Waals surface area contributed by atoms with Crippen LogP contribution >= 0.6 is 0 Å². The molecule has 0 aliphatic carbocycles.